The first kappa shape index (κ1) is 15.3. The summed E-state index contributed by atoms with van der Waals surface area (Å²) in [5.41, 5.74) is 1.03. The fourth-order valence-corrected chi connectivity index (χ4v) is 3.73. The van der Waals surface area contributed by atoms with E-state index in [4.69, 9.17) is 4.74 Å². The predicted octanol–water partition coefficient (Wildman–Crippen LogP) is 2.23. The summed E-state index contributed by atoms with van der Waals surface area (Å²) in [4.78, 5) is 14.5. The van der Waals surface area contributed by atoms with E-state index in [9.17, 15) is 4.79 Å². The Morgan fingerprint density at radius 3 is 2.82 bits per heavy atom. The number of hydrogen-bond acceptors (Lipinski definition) is 3. The Bertz CT molecular complexity index is 504. The summed E-state index contributed by atoms with van der Waals surface area (Å²) >= 11 is 0. The third kappa shape index (κ3) is 3.61. The Balaban J connectivity index is 1.51. The van der Waals surface area contributed by atoms with E-state index < -0.39 is 0 Å². The maximum absolute atomic E-state index is 12.5. The highest BCUT2D eigenvalue weighted by Gasteiger charge is 2.29. The van der Waals surface area contributed by atoms with Gasteiger partial charge in [0.05, 0.1) is 13.5 Å². The van der Waals surface area contributed by atoms with Gasteiger partial charge >= 0.3 is 0 Å². The molecule has 2 fully saturated rings. The second-order valence-corrected chi connectivity index (χ2v) is 6.45. The zero-order valence-electron chi connectivity index (χ0n) is 13.4. The van der Waals surface area contributed by atoms with E-state index in [1.807, 2.05) is 29.2 Å². The molecule has 2 heterocycles. The maximum Gasteiger partial charge on any atom is 0.226 e. The molecule has 0 bridgehead atoms. The van der Waals surface area contributed by atoms with Gasteiger partial charge in [0, 0.05) is 19.1 Å². The molecule has 1 aromatic rings. The SMILES string of the molecule is COc1cccc(CC(=O)N2CCC(C3CCCN3)CC2)c1. The second kappa shape index (κ2) is 7.14. The number of carbonyl (C=O) groups excluding carboxylic acids is 1. The van der Waals surface area contributed by atoms with Gasteiger partial charge in [0.25, 0.3) is 0 Å². The first-order valence-corrected chi connectivity index (χ1v) is 8.40. The van der Waals surface area contributed by atoms with E-state index in [2.05, 4.69) is 5.32 Å². The molecule has 2 aliphatic heterocycles. The second-order valence-electron chi connectivity index (χ2n) is 6.45. The predicted molar refractivity (Wildman–Crippen MR) is 87.0 cm³/mol. The molecule has 1 atom stereocenters. The number of nitrogens with one attached hydrogen (secondary N) is 1. The summed E-state index contributed by atoms with van der Waals surface area (Å²) in [5.74, 6) is 1.81. The average molecular weight is 302 g/mol. The van der Waals surface area contributed by atoms with Crippen molar-refractivity contribution in [2.45, 2.75) is 38.1 Å². The lowest BCUT2D eigenvalue weighted by molar-refractivity contribution is -0.132. The van der Waals surface area contributed by atoms with Gasteiger partial charge in [0.1, 0.15) is 5.75 Å². The van der Waals surface area contributed by atoms with Crippen molar-refractivity contribution in [3.05, 3.63) is 29.8 Å². The van der Waals surface area contributed by atoms with Crippen molar-refractivity contribution in [1.82, 2.24) is 10.2 Å². The Kier molecular flexibility index (Phi) is 4.98. The molecule has 4 heteroatoms. The van der Waals surface area contributed by atoms with Crippen molar-refractivity contribution >= 4 is 5.91 Å². The number of likely N-dealkylation sites (tertiary alicyclic amines) is 1. The molecular formula is C18H26N2O2. The lowest BCUT2D eigenvalue weighted by Crippen LogP contribution is -2.43. The maximum atomic E-state index is 12.5. The Morgan fingerprint density at radius 1 is 1.32 bits per heavy atom. The molecule has 22 heavy (non-hydrogen) atoms. The summed E-state index contributed by atoms with van der Waals surface area (Å²) in [6, 6.07) is 8.49. The minimum atomic E-state index is 0.242. The van der Waals surface area contributed by atoms with Crippen molar-refractivity contribution in [2.24, 2.45) is 5.92 Å². The van der Waals surface area contributed by atoms with Crippen LogP contribution in [0, 0.1) is 5.92 Å². The highest BCUT2D eigenvalue weighted by molar-refractivity contribution is 5.79. The van der Waals surface area contributed by atoms with Crippen molar-refractivity contribution in [1.29, 1.82) is 0 Å². The summed E-state index contributed by atoms with van der Waals surface area (Å²) in [6.07, 6.45) is 5.37. The number of piperidine rings is 1. The zero-order valence-corrected chi connectivity index (χ0v) is 13.4. The van der Waals surface area contributed by atoms with Crippen molar-refractivity contribution in [3.63, 3.8) is 0 Å². The van der Waals surface area contributed by atoms with Crippen LogP contribution in [0.2, 0.25) is 0 Å². The highest BCUT2D eigenvalue weighted by atomic mass is 16.5. The molecule has 0 aliphatic carbocycles. The summed E-state index contributed by atoms with van der Waals surface area (Å²) < 4.78 is 5.22. The third-order valence-electron chi connectivity index (χ3n) is 5.05. The van der Waals surface area contributed by atoms with Crippen LogP contribution < -0.4 is 10.1 Å². The molecule has 0 spiro atoms. The van der Waals surface area contributed by atoms with Crippen LogP contribution in [-0.2, 0) is 11.2 Å². The molecule has 4 nitrogen and oxygen atoms in total. The molecule has 1 amide bonds. The number of carbonyl (C=O) groups is 1. The van der Waals surface area contributed by atoms with Crippen molar-refractivity contribution in [2.75, 3.05) is 26.7 Å². The fourth-order valence-electron chi connectivity index (χ4n) is 3.73. The topological polar surface area (TPSA) is 41.6 Å². The average Bonchev–Trinajstić information content (AvgIpc) is 3.09. The van der Waals surface area contributed by atoms with Crippen molar-refractivity contribution < 1.29 is 9.53 Å². The number of methoxy groups -OCH3 is 1. The van der Waals surface area contributed by atoms with Gasteiger partial charge < -0.3 is 15.0 Å². The molecule has 0 aromatic heterocycles. The van der Waals surface area contributed by atoms with E-state index >= 15 is 0 Å². The smallest absolute Gasteiger partial charge is 0.226 e. The van der Waals surface area contributed by atoms with Crippen LogP contribution in [0.5, 0.6) is 5.75 Å². The van der Waals surface area contributed by atoms with Crippen LogP contribution in [0.25, 0.3) is 0 Å². The Hall–Kier alpha value is -1.55. The largest absolute Gasteiger partial charge is 0.497 e. The molecule has 0 saturated carbocycles. The minimum absolute atomic E-state index is 0.242. The Labute approximate surface area is 132 Å². The summed E-state index contributed by atoms with van der Waals surface area (Å²) in [5, 5.41) is 3.61. The molecule has 3 rings (SSSR count). The van der Waals surface area contributed by atoms with Gasteiger partial charge in [-0.05, 0) is 55.8 Å². The van der Waals surface area contributed by atoms with Crippen LogP contribution in [-0.4, -0.2) is 43.6 Å². The van der Waals surface area contributed by atoms with E-state index in [-0.39, 0.29) is 5.91 Å². The van der Waals surface area contributed by atoms with E-state index in [0.717, 1.165) is 43.2 Å². The molecule has 0 radical (unpaired) electrons. The van der Waals surface area contributed by atoms with E-state index in [1.54, 1.807) is 7.11 Å². The molecule has 1 aromatic carbocycles. The minimum Gasteiger partial charge on any atom is -0.497 e. The van der Waals surface area contributed by atoms with Gasteiger partial charge in [-0.15, -0.1) is 0 Å². The monoisotopic (exact) mass is 302 g/mol. The van der Waals surface area contributed by atoms with Crippen molar-refractivity contribution in [3.8, 4) is 5.75 Å². The molecule has 1 unspecified atom stereocenters. The fraction of sp³-hybridized carbons (Fsp3) is 0.611. The molecule has 2 saturated heterocycles. The number of hydrogen-bond donors (Lipinski definition) is 1. The quantitative estimate of drug-likeness (QED) is 0.927. The Morgan fingerprint density at radius 2 is 2.14 bits per heavy atom. The van der Waals surface area contributed by atoms with Gasteiger partial charge in [-0.1, -0.05) is 12.1 Å². The first-order valence-electron chi connectivity index (χ1n) is 8.40. The van der Waals surface area contributed by atoms with Gasteiger partial charge in [-0.3, -0.25) is 4.79 Å². The number of rotatable bonds is 4. The van der Waals surface area contributed by atoms with Crippen LogP contribution in [0.3, 0.4) is 0 Å². The molecule has 1 N–H and O–H groups in total. The molecular weight excluding hydrogens is 276 g/mol. The number of benzene rings is 1. The highest BCUT2D eigenvalue weighted by Crippen LogP contribution is 2.26. The number of amides is 1. The third-order valence-corrected chi connectivity index (χ3v) is 5.05. The molecule has 2 aliphatic rings. The van der Waals surface area contributed by atoms with E-state index in [0.29, 0.717) is 12.5 Å². The first-order chi connectivity index (χ1) is 10.8. The van der Waals surface area contributed by atoms with Crippen LogP contribution in [0.4, 0.5) is 0 Å². The summed E-state index contributed by atoms with van der Waals surface area (Å²) in [7, 11) is 1.66. The van der Waals surface area contributed by atoms with Crippen LogP contribution >= 0.6 is 0 Å². The number of ether oxygens (including phenoxy) is 1. The normalized spacial score (nSPS) is 22.8. The lowest BCUT2D eigenvalue weighted by Gasteiger charge is -2.35. The molecule has 120 valence electrons. The zero-order chi connectivity index (χ0) is 15.4. The van der Waals surface area contributed by atoms with Gasteiger partial charge in [0.15, 0.2) is 0 Å². The van der Waals surface area contributed by atoms with Gasteiger partial charge in [-0.2, -0.15) is 0 Å². The van der Waals surface area contributed by atoms with E-state index in [1.165, 1.54) is 19.4 Å². The standard InChI is InChI=1S/C18H26N2O2/c1-22-16-5-2-4-14(12-16)13-18(21)20-10-7-15(8-11-20)17-6-3-9-19-17/h2,4-5,12,15,17,19H,3,6-11,13H2,1H3. The summed E-state index contributed by atoms with van der Waals surface area (Å²) in [6.45, 7) is 2.98. The number of nitrogens with zero attached hydrogens (tertiary/aromatic N) is 1. The van der Waals surface area contributed by atoms with Crippen LogP contribution in [0.1, 0.15) is 31.2 Å². The van der Waals surface area contributed by atoms with Crippen LogP contribution in [0.15, 0.2) is 24.3 Å². The lowest BCUT2D eigenvalue weighted by atomic mass is 9.88. The van der Waals surface area contributed by atoms with Gasteiger partial charge in [0.2, 0.25) is 5.91 Å². The van der Waals surface area contributed by atoms with Gasteiger partial charge in [-0.25, -0.2) is 0 Å².